The monoisotopic (exact) mass is 357 g/mol. The molecule has 1 aromatic heterocycles. The number of rotatable bonds is 7. The number of hydrogen-bond acceptors (Lipinski definition) is 4. The van der Waals surface area contributed by atoms with Crippen LogP contribution in [0.5, 0.6) is 5.75 Å². The maximum Gasteiger partial charge on any atom is 0.225 e. The van der Waals surface area contributed by atoms with E-state index in [9.17, 15) is 14.0 Å². The van der Waals surface area contributed by atoms with Crippen molar-refractivity contribution in [1.29, 1.82) is 0 Å². The van der Waals surface area contributed by atoms with E-state index in [4.69, 9.17) is 4.74 Å². The van der Waals surface area contributed by atoms with Gasteiger partial charge in [0.05, 0.1) is 24.7 Å². The van der Waals surface area contributed by atoms with Gasteiger partial charge in [-0.15, -0.1) is 0 Å². The van der Waals surface area contributed by atoms with Gasteiger partial charge in [0, 0.05) is 19.2 Å². The minimum Gasteiger partial charge on any atom is -0.489 e. The number of halogens is 1. The SMILES string of the molecule is O=C(NCCOc1ccccc1F)C1CC(=O)N(Cc2ccccn2)C1. The lowest BCUT2D eigenvalue weighted by Gasteiger charge is -2.16. The molecule has 1 unspecified atom stereocenters. The molecule has 1 aliphatic heterocycles. The molecule has 1 aromatic carbocycles. The summed E-state index contributed by atoms with van der Waals surface area (Å²) in [7, 11) is 0. The maximum absolute atomic E-state index is 13.4. The smallest absolute Gasteiger partial charge is 0.225 e. The van der Waals surface area contributed by atoms with Crippen LogP contribution in [0.1, 0.15) is 12.1 Å². The molecule has 0 spiro atoms. The van der Waals surface area contributed by atoms with Gasteiger partial charge in [0.1, 0.15) is 6.61 Å². The second-order valence-corrected chi connectivity index (χ2v) is 6.07. The van der Waals surface area contributed by atoms with E-state index in [0.717, 1.165) is 5.69 Å². The second-order valence-electron chi connectivity index (χ2n) is 6.07. The topological polar surface area (TPSA) is 71.5 Å². The molecule has 1 atom stereocenters. The van der Waals surface area contributed by atoms with E-state index in [1.54, 1.807) is 23.2 Å². The van der Waals surface area contributed by atoms with Gasteiger partial charge in [0.2, 0.25) is 11.8 Å². The lowest BCUT2D eigenvalue weighted by atomic mass is 10.1. The number of amides is 2. The summed E-state index contributed by atoms with van der Waals surface area (Å²) in [5.74, 6) is -0.929. The highest BCUT2D eigenvalue weighted by Crippen LogP contribution is 2.20. The van der Waals surface area contributed by atoms with Crippen molar-refractivity contribution < 1.29 is 18.7 Å². The summed E-state index contributed by atoms with van der Waals surface area (Å²) in [4.78, 5) is 30.2. The van der Waals surface area contributed by atoms with E-state index < -0.39 is 5.82 Å². The van der Waals surface area contributed by atoms with Crippen molar-refractivity contribution in [1.82, 2.24) is 15.2 Å². The fourth-order valence-corrected chi connectivity index (χ4v) is 2.83. The number of carbonyl (C=O) groups is 2. The number of nitrogens with zero attached hydrogens (tertiary/aromatic N) is 2. The second kappa shape index (κ2) is 8.42. The number of pyridine rings is 1. The number of nitrogens with one attached hydrogen (secondary N) is 1. The van der Waals surface area contributed by atoms with Crippen molar-refractivity contribution in [2.75, 3.05) is 19.7 Å². The van der Waals surface area contributed by atoms with Crippen molar-refractivity contribution in [2.45, 2.75) is 13.0 Å². The highest BCUT2D eigenvalue weighted by molar-refractivity contribution is 5.89. The molecule has 136 valence electrons. The predicted octanol–water partition coefficient (Wildman–Crippen LogP) is 1.76. The fourth-order valence-electron chi connectivity index (χ4n) is 2.83. The highest BCUT2D eigenvalue weighted by Gasteiger charge is 2.34. The molecule has 1 aliphatic rings. The lowest BCUT2D eigenvalue weighted by molar-refractivity contribution is -0.129. The molecule has 7 heteroatoms. The van der Waals surface area contributed by atoms with E-state index in [1.165, 1.54) is 12.1 Å². The van der Waals surface area contributed by atoms with Crippen LogP contribution in [0.2, 0.25) is 0 Å². The van der Waals surface area contributed by atoms with Crippen LogP contribution in [0.25, 0.3) is 0 Å². The Kier molecular flexibility index (Phi) is 5.78. The molecule has 0 aliphatic carbocycles. The van der Waals surface area contributed by atoms with Gasteiger partial charge >= 0.3 is 0 Å². The zero-order valence-corrected chi connectivity index (χ0v) is 14.2. The molecule has 2 heterocycles. The van der Waals surface area contributed by atoms with Crippen molar-refractivity contribution >= 4 is 11.8 Å². The van der Waals surface area contributed by atoms with Crippen LogP contribution < -0.4 is 10.1 Å². The summed E-state index contributed by atoms with van der Waals surface area (Å²) in [6.07, 6.45) is 1.86. The Bertz CT molecular complexity index is 770. The molecular formula is C19H20FN3O3. The molecule has 1 fully saturated rings. The van der Waals surface area contributed by atoms with Crippen LogP contribution >= 0.6 is 0 Å². The number of hydrogen-bond donors (Lipinski definition) is 1. The van der Waals surface area contributed by atoms with Gasteiger partial charge in [-0.25, -0.2) is 4.39 Å². The Morgan fingerprint density at radius 3 is 2.85 bits per heavy atom. The van der Waals surface area contributed by atoms with Gasteiger partial charge in [-0.3, -0.25) is 14.6 Å². The van der Waals surface area contributed by atoms with Crippen molar-refractivity contribution in [3.63, 3.8) is 0 Å². The molecule has 2 amide bonds. The highest BCUT2D eigenvalue weighted by atomic mass is 19.1. The van der Waals surface area contributed by atoms with Crippen molar-refractivity contribution in [2.24, 2.45) is 5.92 Å². The number of aromatic nitrogens is 1. The molecule has 1 N–H and O–H groups in total. The Morgan fingerprint density at radius 2 is 2.08 bits per heavy atom. The third-order valence-corrected chi connectivity index (χ3v) is 4.16. The van der Waals surface area contributed by atoms with Gasteiger partial charge in [-0.1, -0.05) is 18.2 Å². The number of likely N-dealkylation sites (tertiary alicyclic amines) is 1. The van der Waals surface area contributed by atoms with E-state index in [2.05, 4.69) is 10.3 Å². The molecule has 6 nitrogen and oxygen atoms in total. The average Bonchev–Trinajstić information content (AvgIpc) is 3.01. The van der Waals surface area contributed by atoms with Gasteiger partial charge < -0.3 is 15.0 Å². The Labute approximate surface area is 151 Å². The molecule has 2 aromatic rings. The summed E-state index contributed by atoms with van der Waals surface area (Å²) >= 11 is 0. The minimum atomic E-state index is -0.439. The minimum absolute atomic E-state index is 0.0570. The molecule has 3 rings (SSSR count). The third kappa shape index (κ3) is 4.56. The Hall–Kier alpha value is -2.96. The van der Waals surface area contributed by atoms with Crippen LogP contribution in [0.4, 0.5) is 4.39 Å². The molecule has 0 saturated carbocycles. The van der Waals surface area contributed by atoms with Crippen LogP contribution in [-0.4, -0.2) is 41.4 Å². The van der Waals surface area contributed by atoms with E-state index in [0.29, 0.717) is 13.1 Å². The van der Waals surface area contributed by atoms with Crippen LogP contribution in [0.15, 0.2) is 48.7 Å². The van der Waals surface area contributed by atoms with Crippen molar-refractivity contribution in [3.8, 4) is 5.75 Å². The average molecular weight is 357 g/mol. The molecule has 1 saturated heterocycles. The number of benzene rings is 1. The van der Waals surface area contributed by atoms with Gasteiger partial charge in [-0.2, -0.15) is 0 Å². The number of ether oxygens (including phenoxy) is 1. The molecule has 0 bridgehead atoms. The predicted molar refractivity (Wildman–Crippen MR) is 92.7 cm³/mol. The maximum atomic E-state index is 13.4. The number of para-hydroxylation sites is 1. The zero-order valence-electron chi connectivity index (χ0n) is 14.2. The van der Waals surface area contributed by atoms with Gasteiger partial charge in [0.15, 0.2) is 11.6 Å². The quantitative estimate of drug-likeness (QED) is 0.767. The number of carbonyl (C=O) groups excluding carboxylic acids is 2. The standard InChI is InChI=1S/C19H20FN3O3/c20-16-6-1-2-7-17(16)26-10-9-22-19(25)14-11-18(24)23(12-14)13-15-5-3-4-8-21-15/h1-8,14H,9-13H2,(H,22,25). The summed E-state index contributed by atoms with van der Waals surface area (Å²) in [5, 5.41) is 2.74. The fraction of sp³-hybridized carbons (Fsp3) is 0.316. The first-order valence-corrected chi connectivity index (χ1v) is 8.46. The third-order valence-electron chi connectivity index (χ3n) is 4.16. The van der Waals surface area contributed by atoms with E-state index in [1.807, 2.05) is 18.2 Å². The Balaban J connectivity index is 1.42. The zero-order chi connectivity index (χ0) is 18.4. The summed E-state index contributed by atoms with van der Waals surface area (Å²) in [5.41, 5.74) is 0.792. The van der Waals surface area contributed by atoms with Gasteiger partial charge in [0.25, 0.3) is 0 Å². The largest absolute Gasteiger partial charge is 0.489 e. The normalized spacial score (nSPS) is 16.6. The molecule has 0 radical (unpaired) electrons. The van der Waals surface area contributed by atoms with Crippen LogP contribution in [0, 0.1) is 11.7 Å². The first kappa shape index (κ1) is 17.8. The van der Waals surface area contributed by atoms with E-state index >= 15 is 0 Å². The van der Waals surface area contributed by atoms with Crippen LogP contribution in [-0.2, 0) is 16.1 Å². The Morgan fingerprint density at radius 1 is 1.27 bits per heavy atom. The first-order valence-electron chi connectivity index (χ1n) is 8.46. The van der Waals surface area contributed by atoms with Crippen LogP contribution in [0.3, 0.4) is 0 Å². The van der Waals surface area contributed by atoms with Gasteiger partial charge in [-0.05, 0) is 24.3 Å². The first-order chi connectivity index (χ1) is 12.6. The molecule has 26 heavy (non-hydrogen) atoms. The van der Waals surface area contributed by atoms with Crippen molar-refractivity contribution in [3.05, 3.63) is 60.2 Å². The summed E-state index contributed by atoms with van der Waals surface area (Å²) in [6, 6.07) is 11.6. The summed E-state index contributed by atoms with van der Waals surface area (Å²) < 4.78 is 18.7. The summed E-state index contributed by atoms with van der Waals surface area (Å²) in [6.45, 7) is 1.18. The van der Waals surface area contributed by atoms with E-state index in [-0.39, 0.29) is 43.1 Å². The lowest BCUT2D eigenvalue weighted by Crippen LogP contribution is -2.35. The molecular weight excluding hydrogens is 337 g/mol.